The lowest BCUT2D eigenvalue weighted by atomic mass is 10.00. The van der Waals surface area contributed by atoms with Crippen LogP contribution in [0, 0.1) is 11.3 Å². The Balaban J connectivity index is 1.82. The number of H-pyrrole nitrogens is 1. The molecule has 1 aliphatic heterocycles. The van der Waals surface area contributed by atoms with Crippen LogP contribution >= 0.6 is 0 Å². The molecular weight excluding hydrogens is 232 g/mol. The Morgan fingerprint density at radius 3 is 2.94 bits per heavy atom. The molecule has 1 saturated heterocycles. The summed E-state index contributed by atoms with van der Waals surface area (Å²) >= 11 is 0. The van der Waals surface area contributed by atoms with E-state index in [2.05, 4.69) is 15.1 Å². The van der Waals surface area contributed by atoms with Crippen LogP contribution in [0.2, 0.25) is 0 Å². The van der Waals surface area contributed by atoms with Crippen LogP contribution in [0.5, 0.6) is 0 Å². The third-order valence-corrected chi connectivity index (χ3v) is 3.08. The minimum absolute atomic E-state index is 0.311. The number of hydrogen-bond donors (Lipinski definition) is 1. The summed E-state index contributed by atoms with van der Waals surface area (Å²) in [6.45, 7) is 1.49. The van der Waals surface area contributed by atoms with E-state index in [1.54, 1.807) is 12.3 Å². The second-order valence-corrected chi connectivity index (χ2v) is 4.26. The fourth-order valence-corrected chi connectivity index (χ4v) is 2.06. The molecule has 2 aromatic rings. The van der Waals surface area contributed by atoms with Crippen molar-refractivity contribution in [3.63, 3.8) is 0 Å². The molecule has 0 bridgehead atoms. The highest BCUT2D eigenvalue weighted by atomic mass is 16.5. The van der Waals surface area contributed by atoms with Crippen molar-refractivity contribution in [3.05, 3.63) is 23.8 Å². The highest BCUT2D eigenvalue weighted by Gasteiger charge is 2.22. The van der Waals surface area contributed by atoms with Gasteiger partial charge < -0.3 is 14.2 Å². The Bertz CT molecular complexity index is 575. The molecule has 1 aliphatic rings. The van der Waals surface area contributed by atoms with E-state index < -0.39 is 0 Å². The highest BCUT2D eigenvalue weighted by molar-refractivity contribution is 5.54. The van der Waals surface area contributed by atoms with Gasteiger partial charge in [0.2, 0.25) is 0 Å². The molecule has 92 valence electrons. The maximum absolute atomic E-state index is 8.75. The first-order valence-corrected chi connectivity index (χ1v) is 5.87. The lowest BCUT2D eigenvalue weighted by Crippen LogP contribution is -2.15. The zero-order valence-electron chi connectivity index (χ0n) is 9.72. The Labute approximate surface area is 104 Å². The van der Waals surface area contributed by atoms with E-state index in [0.717, 1.165) is 37.4 Å². The molecule has 0 aliphatic carbocycles. The zero-order chi connectivity index (χ0) is 12.4. The fourth-order valence-electron chi connectivity index (χ4n) is 2.06. The molecule has 0 spiro atoms. The second-order valence-electron chi connectivity index (χ2n) is 4.26. The summed E-state index contributed by atoms with van der Waals surface area (Å²) in [5, 5.41) is 12.8. The third kappa shape index (κ3) is 2.00. The largest absolute Gasteiger partial charge is 0.381 e. The first-order chi connectivity index (χ1) is 8.86. The standard InChI is InChI=1S/C12H12N4O2/c13-6-10-5-9(7-14-10)12-15-11(16-18-12)8-1-3-17-4-2-8/h5,7-8,14H,1-4H2. The number of rotatable bonds is 2. The van der Waals surface area contributed by atoms with Gasteiger partial charge in [-0.05, 0) is 18.9 Å². The lowest BCUT2D eigenvalue weighted by molar-refractivity contribution is 0.0830. The Morgan fingerprint density at radius 1 is 1.39 bits per heavy atom. The van der Waals surface area contributed by atoms with Crippen LogP contribution < -0.4 is 0 Å². The van der Waals surface area contributed by atoms with Gasteiger partial charge in [0.25, 0.3) is 5.89 Å². The predicted octanol–water partition coefficient (Wildman–Crippen LogP) is 1.83. The van der Waals surface area contributed by atoms with Crippen LogP contribution in [-0.4, -0.2) is 28.3 Å². The number of ether oxygens (including phenoxy) is 1. The number of hydrogen-bond acceptors (Lipinski definition) is 5. The normalized spacial score (nSPS) is 16.6. The first-order valence-electron chi connectivity index (χ1n) is 5.87. The summed E-state index contributed by atoms with van der Waals surface area (Å²) in [4.78, 5) is 7.22. The molecule has 0 saturated carbocycles. The topological polar surface area (TPSA) is 87.7 Å². The molecule has 6 heteroatoms. The summed E-state index contributed by atoms with van der Waals surface area (Å²) < 4.78 is 10.5. The van der Waals surface area contributed by atoms with Crippen molar-refractivity contribution in [1.82, 2.24) is 15.1 Å². The van der Waals surface area contributed by atoms with E-state index in [-0.39, 0.29) is 0 Å². The van der Waals surface area contributed by atoms with Crippen LogP contribution in [0.3, 0.4) is 0 Å². The average molecular weight is 244 g/mol. The van der Waals surface area contributed by atoms with Gasteiger partial charge in [-0.3, -0.25) is 0 Å². The zero-order valence-corrected chi connectivity index (χ0v) is 9.72. The van der Waals surface area contributed by atoms with Crippen LogP contribution in [0.25, 0.3) is 11.5 Å². The van der Waals surface area contributed by atoms with E-state index in [1.807, 2.05) is 6.07 Å². The molecular formula is C12H12N4O2. The highest BCUT2D eigenvalue weighted by Crippen LogP contribution is 2.27. The van der Waals surface area contributed by atoms with Crippen LogP contribution in [0.15, 0.2) is 16.8 Å². The SMILES string of the molecule is N#Cc1cc(-c2nc(C3CCOCC3)no2)c[nH]1. The van der Waals surface area contributed by atoms with Crippen molar-refractivity contribution in [2.45, 2.75) is 18.8 Å². The maximum atomic E-state index is 8.75. The molecule has 2 aromatic heterocycles. The molecule has 0 aromatic carbocycles. The quantitative estimate of drug-likeness (QED) is 0.870. The summed E-state index contributed by atoms with van der Waals surface area (Å²) in [7, 11) is 0. The Kier molecular flexibility index (Phi) is 2.82. The first kappa shape index (κ1) is 11.0. The van der Waals surface area contributed by atoms with Crippen LogP contribution in [0.1, 0.15) is 30.3 Å². The summed E-state index contributed by atoms with van der Waals surface area (Å²) in [6, 6.07) is 3.72. The van der Waals surface area contributed by atoms with Crippen molar-refractivity contribution in [1.29, 1.82) is 5.26 Å². The molecule has 18 heavy (non-hydrogen) atoms. The van der Waals surface area contributed by atoms with Crippen molar-refractivity contribution in [2.24, 2.45) is 0 Å². The Hall–Kier alpha value is -2.13. The van der Waals surface area contributed by atoms with Gasteiger partial charge in [-0.1, -0.05) is 5.16 Å². The molecule has 6 nitrogen and oxygen atoms in total. The van der Waals surface area contributed by atoms with E-state index in [4.69, 9.17) is 14.5 Å². The van der Waals surface area contributed by atoms with Crippen molar-refractivity contribution in [2.75, 3.05) is 13.2 Å². The molecule has 0 unspecified atom stereocenters. The monoisotopic (exact) mass is 244 g/mol. The lowest BCUT2D eigenvalue weighted by Gasteiger charge is -2.18. The van der Waals surface area contributed by atoms with Gasteiger partial charge in [0.05, 0.1) is 5.56 Å². The van der Waals surface area contributed by atoms with Gasteiger partial charge in [-0.2, -0.15) is 10.2 Å². The van der Waals surface area contributed by atoms with Crippen molar-refractivity contribution < 1.29 is 9.26 Å². The van der Waals surface area contributed by atoms with Crippen LogP contribution in [-0.2, 0) is 4.74 Å². The van der Waals surface area contributed by atoms with Gasteiger partial charge in [-0.25, -0.2) is 0 Å². The summed E-state index contributed by atoms with van der Waals surface area (Å²) in [5.74, 6) is 1.49. The van der Waals surface area contributed by atoms with Gasteiger partial charge in [0.15, 0.2) is 5.82 Å². The van der Waals surface area contributed by atoms with Gasteiger partial charge in [0.1, 0.15) is 11.8 Å². The second kappa shape index (κ2) is 4.63. The predicted molar refractivity (Wildman–Crippen MR) is 61.6 cm³/mol. The van der Waals surface area contributed by atoms with E-state index in [1.165, 1.54) is 0 Å². The molecule has 1 N–H and O–H groups in total. The van der Waals surface area contributed by atoms with E-state index >= 15 is 0 Å². The minimum Gasteiger partial charge on any atom is -0.381 e. The maximum Gasteiger partial charge on any atom is 0.259 e. The summed E-state index contributed by atoms with van der Waals surface area (Å²) in [6.07, 6.45) is 3.55. The smallest absolute Gasteiger partial charge is 0.259 e. The summed E-state index contributed by atoms with van der Waals surface area (Å²) in [5.41, 5.74) is 1.23. The minimum atomic E-state index is 0.311. The molecule has 0 atom stereocenters. The molecule has 1 fully saturated rings. The fraction of sp³-hybridized carbons (Fsp3) is 0.417. The number of nitrogens with zero attached hydrogens (tertiary/aromatic N) is 3. The van der Waals surface area contributed by atoms with Gasteiger partial charge in [-0.15, -0.1) is 0 Å². The molecule has 3 rings (SSSR count). The van der Waals surface area contributed by atoms with Crippen LogP contribution in [0.4, 0.5) is 0 Å². The molecule has 0 amide bonds. The third-order valence-electron chi connectivity index (χ3n) is 3.08. The van der Waals surface area contributed by atoms with E-state index in [9.17, 15) is 0 Å². The van der Waals surface area contributed by atoms with Crippen molar-refractivity contribution >= 4 is 0 Å². The number of aromatic nitrogens is 3. The number of nitriles is 1. The van der Waals surface area contributed by atoms with Gasteiger partial charge in [0, 0.05) is 25.3 Å². The number of aromatic amines is 1. The average Bonchev–Trinajstić information content (AvgIpc) is 3.08. The van der Waals surface area contributed by atoms with Crippen molar-refractivity contribution in [3.8, 4) is 17.5 Å². The van der Waals surface area contributed by atoms with Gasteiger partial charge >= 0.3 is 0 Å². The molecule has 3 heterocycles. The number of nitrogens with one attached hydrogen (secondary N) is 1. The van der Waals surface area contributed by atoms with E-state index in [0.29, 0.717) is 17.5 Å². The Morgan fingerprint density at radius 2 is 2.22 bits per heavy atom. The molecule has 0 radical (unpaired) electrons.